The normalized spacial score (nSPS) is 10.1. The van der Waals surface area contributed by atoms with Gasteiger partial charge >= 0.3 is 0 Å². The van der Waals surface area contributed by atoms with E-state index >= 15 is 0 Å². The second kappa shape index (κ2) is 6.26. The van der Waals surface area contributed by atoms with Crippen LogP contribution in [0.2, 0.25) is 0 Å². The van der Waals surface area contributed by atoms with Crippen molar-refractivity contribution in [1.82, 2.24) is 9.97 Å². The van der Waals surface area contributed by atoms with Crippen molar-refractivity contribution in [2.45, 2.75) is 10.8 Å². The number of rotatable bonds is 5. The molecule has 5 heteroatoms. The second-order valence-corrected chi connectivity index (χ2v) is 4.53. The fourth-order valence-electron chi connectivity index (χ4n) is 1.36. The fraction of sp³-hybridized carbons (Fsp3) is 0.231. The number of aromatic nitrogens is 2. The Morgan fingerprint density at radius 3 is 2.33 bits per heavy atom. The molecule has 0 saturated heterocycles. The zero-order valence-corrected chi connectivity index (χ0v) is 11.1. The minimum atomic E-state index is 0.531. The van der Waals surface area contributed by atoms with Crippen LogP contribution in [0, 0.1) is 0 Å². The van der Waals surface area contributed by atoms with Crippen LogP contribution in [-0.4, -0.2) is 24.2 Å². The van der Waals surface area contributed by atoms with Crippen LogP contribution in [0.15, 0.2) is 41.7 Å². The average molecular weight is 262 g/mol. The van der Waals surface area contributed by atoms with Gasteiger partial charge in [-0.1, -0.05) is 12.1 Å². The number of hydrogen-bond donors (Lipinski definition) is 0. The minimum Gasteiger partial charge on any atom is -0.497 e. The van der Waals surface area contributed by atoms with E-state index in [0.717, 1.165) is 16.5 Å². The van der Waals surface area contributed by atoms with E-state index in [1.807, 2.05) is 24.3 Å². The lowest BCUT2D eigenvalue weighted by molar-refractivity contribution is 0.394. The monoisotopic (exact) mass is 262 g/mol. The molecule has 0 radical (unpaired) electrons. The lowest BCUT2D eigenvalue weighted by atomic mass is 10.2. The number of benzene rings is 1. The van der Waals surface area contributed by atoms with Gasteiger partial charge in [-0.3, -0.25) is 0 Å². The van der Waals surface area contributed by atoms with Crippen LogP contribution >= 0.6 is 11.8 Å². The lowest BCUT2D eigenvalue weighted by Crippen LogP contribution is -1.90. The molecule has 1 heterocycles. The molecule has 0 fully saturated rings. The van der Waals surface area contributed by atoms with E-state index in [-0.39, 0.29) is 0 Å². The van der Waals surface area contributed by atoms with Gasteiger partial charge in [-0.05, 0) is 17.7 Å². The van der Waals surface area contributed by atoms with E-state index in [4.69, 9.17) is 9.47 Å². The zero-order chi connectivity index (χ0) is 12.8. The summed E-state index contributed by atoms with van der Waals surface area (Å²) in [6.07, 6.45) is 3.34. The number of ether oxygens (including phenoxy) is 2. The van der Waals surface area contributed by atoms with Crippen molar-refractivity contribution >= 4 is 11.8 Å². The zero-order valence-electron chi connectivity index (χ0n) is 10.3. The van der Waals surface area contributed by atoms with E-state index in [2.05, 4.69) is 9.97 Å². The lowest BCUT2D eigenvalue weighted by Gasteiger charge is -2.03. The van der Waals surface area contributed by atoms with Gasteiger partial charge in [0, 0.05) is 5.75 Å². The standard InChI is InChI=1S/C13H14N2O2S/c1-16-11-5-3-10(4-6-11)9-18-13-8-14-12(17-2)7-15-13/h3-8H,9H2,1-2H3. The fourth-order valence-corrected chi connectivity index (χ4v) is 2.12. The number of hydrogen-bond acceptors (Lipinski definition) is 5. The van der Waals surface area contributed by atoms with Gasteiger partial charge in [0.05, 0.1) is 26.6 Å². The predicted molar refractivity (Wildman–Crippen MR) is 71.1 cm³/mol. The van der Waals surface area contributed by atoms with Crippen molar-refractivity contribution < 1.29 is 9.47 Å². The number of thioether (sulfide) groups is 1. The summed E-state index contributed by atoms with van der Waals surface area (Å²) in [5.74, 6) is 2.25. The van der Waals surface area contributed by atoms with E-state index in [1.54, 1.807) is 38.4 Å². The van der Waals surface area contributed by atoms with Gasteiger partial charge in [0.1, 0.15) is 10.8 Å². The molecule has 18 heavy (non-hydrogen) atoms. The molecular formula is C13H14N2O2S. The molecule has 0 atom stereocenters. The quantitative estimate of drug-likeness (QED) is 0.775. The van der Waals surface area contributed by atoms with Crippen molar-refractivity contribution in [2.24, 2.45) is 0 Å². The van der Waals surface area contributed by atoms with Crippen LogP contribution in [0.1, 0.15) is 5.56 Å². The Morgan fingerprint density at radius 2 is 1.78 bits per heavy atom. The summed E-state index contributed by atoms with van der Waals surface area (Å²) in [5.41, 5.74) is 1.22. The predicted octanol–water partition coefficient (Wildman–Crippen LogP) is 2.79. The summed E-state index contributed by atoms with van der Waals surface area (Å²) < 4.78 is 10.1. The van der Waals surface area contributed by atoms with Gasteiger partial charge in [0.25, 0.3) is 0 Å². The Hall–Kier alpha value is -1.75. The summed E-state index contributed by atoms with van der Waals surface area (Å²) in [7, 11) is 3.24. The highest BCUT2D eigenvalue weighted by Crippen LogP contribution is 2.22. The molecule has 0 aliphatic rings. The third kappa shape index (κ3) is 3.37. The van der Waals surface area contributed by atoms with E-state index in [1.165, 1.54) is 5.56 Å². The molecule has 4 nitrogen and oxygen atoms in total. The van der Waals surface area contributed by atoms with Crippen LogP contribution in [0.5, 0.6) is 11.6 Å². The van der Waals surface area contributed by atoms with Gasteiger partial charge in [-0.25, -0.2) is 9.97 Å². The van der Waals surface area contributed by atoms with Crippen molar-refractivity contribution in [3.05, 3.63) is 42.2 Å². The first kappa shape index (κ1) is 12.7. The molecule has 0 aliphatic heterocycles. The summed E-state index contributed by atoms with van der Waals surface area (Å²) in [6.45, 7) is 0. The maximum Gasteiger partial charge on any atom is 0.232 e. The van der Waals surface area contributed by atoms with E-state index in [9.17, 15) is 0 Å². The Balaban J connectivity index is 1.93. The van der Waals surface area contributed by atoms with Gasteiger partial charge < -0.3 is 9.47 Å². The van der Waals surface area contributed by atoms with Crippen molar-refractivity contribution in [3.8, 4) is 11.6 Å². The third-order valence-corrected chi connectivity index (χ3v) is 3.34. The molecule has 2 aromatic rings. The Morgan fingerprint density at radius 1 is 1.00 bits per heavy atom. The van der Waals surface area contributed by atoms with Gasteiger partial charge in [-0.2, -0.15) is 0 Å². The molecule has 0 aliphatic carbocycles. The number of methoxy groups -OCH3 is 2. The van der Waals surface area contributed by atoms with Crippen molar-refractivity contribution in [2.75, 3.05) is 14.2 Å². The molecule has 2 rings (SSSR count). The van der Waals surface area contributed by atoms with Crippen LogP contribution < -0.4 is 9.47 Å². The van der Waals surface area contributed by atoms with Gasteiger partial charge in [-0.15, -0.1) is 11.8 Å². The molecule has 0 N–H and O–H groups in total. The highest BCUT2D eigenvalue weighted by atomic mass is 32.2. The molecule has 1 aromatic carbocycles. The molecule has 94 valence electrons. The van der Waals surface area contributed by atoms with Crippen molar-refractivity contribution in [3.63, 3.8) is 0 Å². The van der Waals surface area contributed by atoms with Gasteiger partial charge in [0.15, 0.2) is 0 Å². The Kier molecular flexibility index (Phi) is 4.41. The summed E-state index contributed by atoms with van der Waals surface area (Å²) >= 11 is 1.64. The van der Waals surface area contributed by atoms with Crippen LogP contribution in [-0.2, 0) is 5.75 Å². The first-order valence-electron chi connectivity index (χ1n) is 5.43. The topological polar surface area (TPSA) is 44.2 Å². The molecule has 0 amide bonds. The second-order valence-electron chi connectivity index (χ2n) is 3.53. The smallest absolute Gasteiger partial charge is 0.232 e. The maximum atomic E-state index is 5.11. The van der Waals surface area contributed by atoms with E-state index in [0.29, 0.717) is 5.88 Å². The summed E-state index contributed by atoms with van der Waals surface area (Å²) in [6, 6.07) is 8.00. The van der Waals surface area contributed by atoms with Crippen LogP contribution in [0.25, 0.3) is 0 Å². The summed E-state index contributed by atoms with van der Waals surface area (Å²) in [4.78, 5) is 8.36. The first-order valence-corrected chi connectivity index (χ1v) is 6.42. The molecule has 0 bridgehead atoms. The SMILES string of the molecule is COc1ccc(CSc2cnc(OC)cn2)cc1. The van der Waals surface area contributed by atoms with Crippen LogP contribution in [0.3, 0.4) is 0 Å². The molecule has 1 aromatic heterocycles. The molecule has 0 spiro atoms. The number of nitrogens with zero attached hydrogens (tertiary/aromatic N) is 2. The Labute approximate surface area is 110 Å². The average Bonchev–Trinajstić information content (AvgIpc) is 2.46. The molecule has 0 unspecified atom stereocenters. The third-order valence-electron chi connectivity index (χ3n) is 2.36. The highest BCUT2D eigenvalue weighted by Gasteiger charge is 2.00. The molecular weight excluding hydrogens is 248 g/mol. The van der Waals surface area contributed by atoms with Gasteiger partial charge in [0.2, 0.25) is 5.88 Å². The first-order chi connectivity index (χ1) is 8.81. The van der Waals surface area contributed by atoms with Crippen LogP contribution in [0.4, 0.5) is 0 Å². The molecule has 0 saturated carbocycles. The maximum absolute atomic E-state index is 5.11. The highest BCUT2D eigenvalue weighted by molar-refractivity contribution is 7.98. The minimum absolute atomic E-state index is 0.531. The largest absolute Gasteiger partial charge is 0.497 e. The van der Waals surface area contributed by atoms with E-state index < -0.39 is 0 Å². The summed E-state index contributed by atoms with van der Waals surface area (Å²) in [5, 5.41) is 0.881. The Bertz CT molecular complexity index is 438. The van der Waals surface area contributed by atoms with Crippen molar-refractivity contribution in [1.29, 1.82) is 0 Å².